The molecule has 1 aromatic carbocycles. The van der Waals surface area contributed by atoms with Crippen molar-refractivity contribution in [3.8, 4) is 0 Å². The van der Waals surface area contributed by atoms with Gasteiger partial charge in [0.05, 0.1) is 14.9 Å². The molecular weight excluding hydrogens is 307 g/mol. The van der Waals surface area contributed by atoms with Gasteiger partial charge in [0.25, 0.3) is 0 Å². The van der Waals surface area contributed by atoms with Crippen molar-refractivity contribution in [3.63, 3.8) is 0 Å². The summed E-state index contributed by atoms with van der Waals surface area (Å²) in [6.45, 7) is 1.68. The molecular formula is C12H16Cl2N2O2S. The molecule has 2 rings (SSSR count). The fraction of sp³-hybridized carbons (Fsp3) is 0.500. The predicted molar refractivity (Wildman–Crippen MR) is 77.3 cm³/mol. The van der Waals surface area contributed by atoms with Gasteiger partial charge in [0.1, 0.15) is 0 Å². The van der Waals surface area contributed by atoms with Gasteiger partial charge >= 0.3 is 0 Å². The Labute approximate surface area is 123 Å². The first-order valence-corrected chi connectivity index (χ1v) is 8.26. The molecule has 1 aliphatic heterocycles. The van der Waals surface area contributed by atoms with E-state index in [0.717, 1.165) is 25.9 Å². The molecule has 0 aromatic heterocycles. The van der Waals surface area contributed by atoms with Crippen LogP contribution >= 0.6 is 23.2 Å². The summed E-state index contributed by atoms with van der Waals surface area (Å²) in [5.41, 5.74) is 0. The molecule has 19 heavy (non-hydrogen) atoms. The molecule has 7 heteroatoms. The Morgan fingerprint density at radius 3 is 2.42 bits per heavy atom. The van der Waals surface area contributed by atoms with Crippen LogP contribution in [0.25, 0.3) is 0 Å². The highest BCUT2D eigenvalue weighted by molar-refractivity contribution is 7.89. The summed E-state index contributed by atoms with van der Waals surface area (Å²) in [5.74, 6) is 0. The molecule has 0 radical (unpaired) electrons. The van der Waals surface area contributed by atoms with Gasteiger partial charge in [-0.05, 0) is 44.1 Å². The van der Waals surface area contributed by atoms with Crippen molar-refractivity contribution in [1.29, 1.82) is 0 Å². The van der Waals surface area contributed by atoms with Crippen molar-refractivity contribution >= 4 is 33.2 Å². The van der Waals surface area contributed by atoms with E-state index in [1.165, 1.54) is 22.5 Å². The summed E-state index contributed by atoms with van der Waals surface area (Å²) in [6.07, 6.45) is 1.63. The van der Waals surface area contributed by atoms with E-state index in [2.05, 4.69) is 5.32 Å². The van der Waals surface area contributed by atoms with E-state index in [9.17, 15) is 8.42 Å². The second-order valence-corrected chi connectivity index (χ2v) is 7.39. The average Bonchev–Trinajstić information content (AvgIpc) is 2.41. The molecule has 0 atom stereocenters. The lowest BCUT2D eigenvalue weighted by Crippen LogP contribution is -2.43. The van der Waals surface area contributed by atoms with Crippen LogP contribution in [-0.2, 0) is 10.0 Å². The molecule has 0 saturated carbocycles. The number of nitrogens with one attached hydrogen (secondary N) is 1. The molecule has 1 aromatic rings. The SMILES string of the molecule is CN(C1CCNCC1)S(=O)(=O)c1ccc(Cl)c(Cl)c1. The topological polar surface area (TPSA) is 49.4 Å². The minimum Gasteiger partial charge on any atom is -0.317 e. The van der Waals surface area contributed by atoms with Crippen LogP contribution in [0.5, 0.6) is 0 Å². The summed E-state index contributed by atoms with van der Waals surface area (Å²) in [7, 11) is -1.90. The van der Waals surface area contributed by atoms with Crippen molar-refractivity contribution < 1.29 is 8.42 Å². The van der Waals surface area contributed by atoms with E-state index in [0.29, 0.717) is 5.02 Å². The van der Waals surface area contributed by atoms with E-state index >= 15 is 0 Å². The maximum atomic E-state index is 12.5. The molecule has 0 spiro atoms. The van der Waals surface area contributed by atoms with Crippen LogP contribution in [-0.4, -0.2) is 38.9 Å². The zero-order chi connectivity index (χ0) is 14.0. The van der Waals surface area contributed by atoms with Crippen molar-refractivity contribution in [1.82, 2.24) is 9.62 Å². The van der Waals surface area contributed by atoms with E-state index in [-0.39, 0.29) is 16.0 Å². The molecule has 1 saturated heterocycles. The number of sulfonamides is 1. The third-order valence-electron chi connectivity index (χ3n) is 3.39. The quantitative estimate of drug-likeness (QED) is 0.929. The van der Waals surface area contributed by atoms with E-state index in [1.54, 1.807) is 7.05 Å². The van der Waals surface area contributed by atoms with Gasteiger partial charge in [0.15, 0.2) is 0 Å². The predicted octanol–water partition coefficient (Wildman–Crippen LogP) is 2.37. The summed E-state index contributed by atoms with van der Waals surface area (Å²) in [6, 6.07) is 4.42. The van der Waals surface area contributed by atoms with Crippen LogP contribution in [0.3, 0.4) is 0 Å². The Kier molecular flexibility index (Phi) is 4.74. The molecule has 1 heterocycles. The summed E-state index contributed by atoms with van der Waals surface area (Å²) in [5, 5.41) is 3.82. The van der Waals surface area contributed by atoms with Gasteiger partial charge in [0, 0.05) is 13.1 Å². The number of hydrogen-bond acceptors (Lipinski definition) is 3. The number of benzene rings is 1. The molecule has 1 N–H and O–H groups in total. The van der Waals surface area contributed by atoms with Crippen molar-refractivity contribution in [2.24, 2.45) is 0 Å². The normalized spacial score (nSPS) is 17.9. The standard InChI is InChI=1S/C12H16Cl2N2O2S/c1-16(9-4-6-15-7-5-9)19(17,18)10-2-3-11(13)12(14)8-10/h2-3,8-9,15H,4-7H2,1H3. The van der Waals surface area contributed by atoms with Crippen molar-refractivity contribution in [3.05, 3.63) is 28.2 Å². The van der Waals surface area contributed by atoms with Crippen LogP contribution in [0.15, 0.2) is 23.1 Å². The third-order valence-corrected chi connectivity index (χ3v) is 6.04. The highest BCUT2D eigenvalue weighted by Gasteiger charge is 2.29. The highest BCUT2D eigenvalue weighted by Crippen LogP contribution is 2.27. The van der Waals surface area contributed by atoms with Gasteiger partial charge in [-0.1, -0.05) is 23.2 Å². The summed E-state index contributed by atoms with van der Waals surface area (Å²) in [4.78, 5) is 0.183. The monoisotopic (exact) mass is 322 g/mol. The lowest BCUT2D eigenvalue weighted by Gasteiger charge is -2.30. The van der Waals surface area contributed by atoms with Crippen LogP contribution in [0.2, 0.25) is 10.0 Å². The van der Waals surface area contributed by atoms with E-state index in [4.69, 9.17) is 23.2 Å². The number of piperidine rings is 1. The van der Waals surface area contributed by atoms with Gasteiger partial charge in [-0.15, -0.1) is 0 Å². The zero-order valence-electron chi connectivity index (χ0n) is 10.6. The van der Waals surface area contributed by atoms with Crippen LogP contribution in [0.1, 0.15) is 12.8 Å². The van der Waals surface area contributed by atoms with Gasteiger partial charge < -0.3 is 5.32 Å². The molecule has 0 bridgehead atoms. The molecule has 0 unspecified atom stereocenters. The Bertz CT molecular complexity index is 557. The number of hydrogen-bond donors (Lipinski definition) is 1. The van der Waals surface area contributed by atoms with E-state index in [1.807, 2.05) is 0 Å². The van der Waals surface area contributed by atoms with Gasteiger partial charge in [-0.3, -0.25) is 0 Å². The highest BCUT2D eigenvalue weighted by atomic mass is 35.5. The molecule has 0 amide bonds. The third kappa shape index (κ3) is 3.23. The molecule has 0 aliphatic carbocycles. The number of rotatable bonds is 3. The molecule has 106 valence electrons. The fourth-order valence-corrected chi connectivity index (χ4v) is 3.98. The molecule has 1 fully saturated rings. The maximum Gasteiger partial charge on any atom is 0.243 e. The number of halogens is 2. The Morgan fingerprint density at radius 2 is 1.84 bits per heavy atom. The Balaban J connectivity index is 2.27. The molecule has 1 aliphatic rings. The van der Waals surface area contributed by atoms with Gasteiger partial charge in [-0.2, -0.15) is 4.31 Å². The maximum absolute atomic E-state index is 12.5. The smallest absolute Gasteiger partial charge is 0.243 e. The average molecular weight is 323 g/mol. The Hall–Kier alpha value is -0.330. The minimum absolute atomic E-state index is 0.0284. The first-order chi connectivity index (χ1) is 8.93. The van der Waals surface area contributed by atoms with Crippen molar-refractivity contribution in [2.45, 2.75) is 23.8 Å². The zero-order valence-corrected chi connectivity index (χ0v) is 12.9. The van der Waals surface area contributed by atoms with Gasteiger partial charge in [0.2, 0.25) is 10.0 Å². The Morgan fingerprint density at radius 1 is 1.21 bits per heavy atom. The van der Waals surface area contributed by atoms with Crippen LogP contribution in [0.4, 0.5) is 0 Å². The molecule has 4 nitrogen and oxygen atoms in total. The van der Waals surface area contributed by atoms with Crippen molar-refractivity contribution in [2.75, 3.05) is 20.1 Å². The number of nitrogens with zero attached hydrogens (tertiary/aromatic N) is 1. The lowest BCUT2D eigenvalue weighted by atomic mass is 10.1. The second kappa shape index (κ2) is 5.97. The van der Waals surface area contributed by atoms with Crippen LogP contribution in [0, 0.1) is 0 Å². The van der Waals surface area contributed by atoms with E-state index < -0.39 is 10.0 Å². The minimum atomic E-state index is -3.52. The largest absolute Gasteiger partial charge is 0.317 e. The fourth-order valence-electron chi connectivity index (χ4n) is 2.17. The van der Waals surface area contributed by atoms with Gasteiger partial charge in [-0.25, -0.2) is 8.42 Å². The summed E-state index contributed by atoms with van der Waals surface area (Å²) < 4.78 is 26.4. The first kappa shape index (κ1) is 15.1. The summed E-state index contributed by atoms with van der Waals surface area (Å²) >= 11 is 11.7. The lowest BCUT2D eigenvalue weighted by molar-refractivity contribution is 0.296. The second-order valence-electron chi connectivity index (χ2n) is 4.58. The van der Waals surface area contributed by atoms with Crippen LogP contribution < -0.4 is 5.32 Å². The first-order valence-electron chi connectivity index (χ1n) is 6.07.